The number of allylic oxidation sites excluding steroid dienone is 2. The maximum absolute atomic E-state index is 14.1. The Morgan fingerprint density at radius 3 is 2.65 bits per heavy atom. The van der Waals surface area contributed by atoms with E-state index in [0.717, 1.165) is 18.4 Å². The second-order valence-electron chi connectivity index (χ2n) is 11.0. The number of anilines is 1. The largest absolute Gasteiger partial charge is 0.465 e. The Kier molecular flexibility index (Phi) is 9.92. The minimum atomic E-state index is -0.538. The van der Waals surface area contributed by atoms with Gasteiger partial charge >= 0.3 is 5.97 Å². The van der Waals surface area contributed by atoms with Crippen molar-refractivity contribution < 1.29 is 23.9 Å². The molecule has 0 saturated heterocycles. The van der Waals surface area contributed by atoms with Gasteiger partial charge in [-0.25, -0.2) is 4.79 Å². The minimum absolute atomic E-state index is 0.102. The van der Waals surface area contributed by atoms with E-state index in [0.29, 0.717) is 43.0 Å². The van der Waals surface area contributed by atoms with Crippen molar-refractivity contribution in [2.45, 2.75) is 66.7 Å². The van der Waals surface area contributed by atoms with E-state index in [2.05, 4.69) is 31.8 Å². The molecule has 2 aliphatic rings. The Morgan fingerprint density at radius 1 is 1.22 bits per heavy atom. The fourth-order valence-corrected chi connectivity index (χ4v) is 5.57. The first-order chi connectivity index (χ1) is 17.5. The van der Waals surface area contributed by atoms with E-state index >= 15 is 0 Å². The lowest BCUT2D eigenvalue weighted by molar-refractivity contribution is -0.125. The van der Waals surface area contributed by atoms with Gasteiger partial charge < -0.3 is 14.4 Å². The predicted molar refractivity (Wildman–Crippen MR) is 148 cm³/mol. The van der Waals surface area contributed by atoms with E-state index in [4.69, 9.17) is 9.47 Å². The quantitative estimate of drug-likeness (QED) is 0.261. The summed E-state index contributed by atoms with van der Waals surface area (Å²) in [6.07, 6.45) is 7.51. The van der Waals surface area contributed by atoms with Crippen LogP contribution in [0.15, 0.2) is 29.4 Å². The number of nitrogens with zero attached hydrogens (tertiary/aromatic N) is 1. The Hall–Kier alpha value is -2.69. The number of thiophene rings is 1. The molecule has 200 valence electrons. The van der Waals surface area contributed by atoms with Gasteiger partial charge in [-0.05, 0) is 77.4 Å². The zero-order chi connectivity index (χ0) is 27.2. The van der Waals surface area contributed by atoms with E-state index in [1.807, 2.05) is 26.8 Å². The average molecular weight is 526 g/mol. The van der Waals surface area contributed by atoms with Crippen molar-refractivity contribution in [3.05, 3.63) is 39.1 Å². The molecule has 2 unspecified atom stereocenters. The minimum Gasteiger partial charge on any atom is -0.465 e. The third-order valence-electron chi connectivity index (χ3n) is 6.62. The van der Waals surface area contributed by atoms with Crippen LogP contribution in [0.3, 0.4) is 0 Å². The van der Waals surface area contributed by atoms with E-state index in [1.165, 1.54) is 28.9 Å². The van der Waals surface area contributed by atoms with Crippen LogP contribution in [-0.2, 0) is 19.1 Å². The van der Waals surface area contributed by atoms with Crippen molar-refractivity contribution in [1.29, 1.82) is 0 Å². The monoisotopic (exact) mass is 525 g/mol. The van der Waals surface area contributed by atoms with Crippen LogP contribution in [0, 0.1) is 29.1 Å². The van der Waals surface area contributed by atoms with Crippen molar-refractivity contribution in [2.24, 2.45) is 17.3 Å². The number of amides is 1. The maximum atomic E-state index is 14.1. The van der Waals surface area contributed by atoms with Crippen LogP contribution in [0.4, 0.5) is 5.69 Å². The Bertz CT molecular complexity index is 1140. The topological polar surface area (TPSA) is 72.9 Å². The number of Topliss-reactive ketones (excluding diaryl/α,β-unsaturated/α-hetero) is 1. The SMILES string of the molecule is COC(=O)c1sc(C#CC(C)(C)C)cc1N(CC(=O)C1=CCCOCCC1)C(=O)C1CC=C(C)CC1C. The van der Waals surface area contributed by atoms with Crippen molar-refractivity contribution in [1.82, 2.24) is 0 Å². The molecule has 1 aromatic rings. The number of hydrogen-bond acceptors (Lipinski definition) is 6. The van der Waals surface area contributed by atoms with Crippen LogP contribution in [-0.4, -0.2) is 44.5 Å². The number of carbonyl (C=O) groups excluding carboxylic acids is 3. The molecule has 2 heterocycles. The molecule has 1 aliphatic heterocycles. The standard InChI is InChI=1S/C30H39NO5S/c1-20-11-12-24(21(2)17-20)28(33)31(19-26(32)22-9-7-15-36-16-8-10-22)25-18-23(13-14-30(3,4)5)37-27(25)29(34)35-6/h9,11,18,21,24H,7-8,10,12,15-17,19H2,1-6H3. The van der Waals surface area contributed by atoms with Gasteiger partial charge in [-0.15, -0.1) is 11.3 Å². The molecule has 7 heteroatoms. The number of esters is 1. The molecule has 0 spiro atoms. The molecule has 1 amide bonds. The van der Waals surface area contributed by atoms with Crippen molar-refractivity contribution in [2.75, 3.05) is 31.8 Å². The van der Waals surface area contributed by atoms with Gasteiger partial charge in [0, 0.05) is 17.9 Å². The van der Waals surface area contributed by atoms with Gasteiger partial charge in [-0.2, -0.15) is 0 Å². The van der Waals surface area contributed by atoms with Gasteiger partial charge in [0.15, 0.2) is 5.78 Å². The fraction of sp³-hybridized carbons (Fsp3) is 0.567. The van der Waals surface area contributed by atoms with Gasteiger partial charge in [0.2, 0.25) is 5.91 Å². The highest BCUT2D eigenvalue weighted by atomic mass is 32.1. The molecule has 0 fully saturated rings. The van der Waals surface area contributed by atoms with E-state index < -0.39 is 5.97 Å². The molecule has 0 aromatic carbocycles. The van der Waals surface area contributed by atoms with Gasteiger partial charge in [0.25, 0.3) is 0 Å². The molecule has 3 rings (SSSR count). The van der Waals surface area contributed by atoms with E-state index in [9.17, 15) is 14.4 Å². The lowest BCUT2D eigenvalue weighted by Gasteiger charge is -2.32. The van der Waals surface area contributed by atoms with Gasteiger partial charge in [0.05, 0.1) is 30.8 Å². The summed E-state index contributed by atoms with van der Waals surface area (Å²) in [5.41, 5.74) is 2.17. The number of rotatable bonds is 6. The predicted octanol–water partition coefficient (Wildman–Crippen LogP) is 5.95. The van der Waals surface area contributed by atoms with Crippen molar-refractivity contribution in [3.8, 4) is 11.8 Å². The summed E-state index contributed by atoms with van der Waals surface area (Å²) in [6, 6.07) is 1.76. The first-order valence-electron chi connectivity index (χ1n) is 13.0. The van der Waals surface area contributed by atoms with Crippen LogP contribution in [0.5, 0.6) is 0 Å². The number of hydrogen-bond donors (Lipinski definition) is 0. The van der Waals surface area contributed by atoms with Gasteiger partial charge in [0.1, 0.15) is 4.88 Å². The molecule has 0 N–H and O–H groups in total. The van der Waals surface area contributed by atoms with Crippen LogP contribution in [0.25, 0.3) is 0 Å². The van der Waals surface area contributed by atoms with E-state index in [-0.39, 0.29) is 40.4 Å². The molecule has 6 nitrogen and oxygen atoms in total. The molecule has 37 heavy (non-hydrogen) atoms. The smallest absolute Gasteiger partial charge is 0.350 e. The maximum Gasteiger partial charge on any atom is 0.350 e. The highest BCUT2D eigenvalue weighted by molar-refractivity contribution is 7.15. The van der Waals surface area contributed by atoms with Crippen molar-refractivity contribution in [3.63, 3.8) is 0 Å². The Morgan fingerprint density at radius 2 is 1.97 bits per heavy atom. The molecule has 0 saturated carbocycles. The summed E-state index contributed by atoms with van der Waals surface area (Å²) in [5, 5.41) is 0. The summed E-state index contributed by atoms with van der Waals surface area (Å²) in [6.45, 7) is 11.3. The summed E-state index contributed by atoms with van der Waals surface area (Å²) < 4.78 is 10.6. The normalized spacial score (nSPS) is 20.4. The zero-order valence-electron chi connectivity index (χ0n) is 22.9. The highest BCUT2D eigenvalue weighted by Crippen LogP contribution is 2.36. The third kappa shape index (κ3) is 7.90. The Labute approximate surface area is 225 Å². The fourth-order valence-electron chi connectivity index (χ4n) is 4.64. The summed E-state index contributed by atoms with van der Waals surface area (Å²) in [7, 11) is 1.32. The lowest BCUT2D eigenvalue weighted by Crippen LogP contribution is -2.43. The first kappa shape index (κ1) is 28.9. The first-order valence-corrected chi connectivity index (χ1v) is 13.8. The van der Waals surface area contributed by atoms with Crippen LogP contribution in [0.2, 0.25) is 0 Å². The molecular weight excluding hydrogens is 486 g/mol. The summed E-state index contributed by atoms with van der Waals surface area (Å²) in [4.78, 5) is 42.9. The summed E-state index contributed by atoms with van der Waals surface area (Å²) >= 11 is 1.20. The zero-order valence-corrected chi connectivity index (χ0v) is 23.8. The second kappa shape index (κ2) is 12.7. The average Bonchev–Trinajstić information content (AvgIpc) is 3.23. The summed E-state index contributed by atoms with van der Waals surface area (Å²) in [5.74, 6) is 5.42. The highest BCUT2D eigenvalue weighted by Gasteiger charge is 2.35. The molecule has 0 bridgehead atoms. The van der Waals surface area contributed by atoms with Crippen LogP contribution in [0.1, 0.15) is 81.3 Å². The Balaban J connectivity index is 2.05. The molecule has 0 radical (unpaired) electrons. The van der Waals surface area contributed by atoms with Crippen LogP contribution < -0.4 is 4.90 Å². The third-order valence-corrected chi connectivity index (χ3v) is 7.64. The van der Waals surface area contributed by atoms with Gasteiger partial charge in [-0.1, -0.05) is 36.5 Å². The second-order valence-corrected chi connectivity index (χ2v) is 12.0. The van der Waals surface area contributed by atoms with Crippen LogP contribution >= 0.6 is 11.3 Å². The van der Waals surface area contributed by atoms with Gasteiger partial charge in [-0.3, -0.25) is 9.59 Å². The van der Waals surface area contributed by atoms with E-state index in [1.54, 1.807) is 6.07 Å². The molecular formula is C30H39NO5S. The number of carbonyl (C=O) groups is 3. The molecule has 1 aromatic heterocycles. The number of methoxy groups -OCH3 is 1. The lowest BCUT2D eigenvalue weighted by atomic mass is 9.80. The van der Waals surface area contributed by atoms with Crippen molar-refractivity contribution >= 4 is 34.7 Å². The molecule has 1 aliphatic carbocycles. The number of ketones is 1. The number of ether oxygens (including phenoxy) is 2. The molecule has 2 atom stereocenters.